The van der Waals surface area contributed by atoms with Crippen LogP contribution in [0.2, 0.25) is 0 Å². The molecule has 84 valence electrons. The number of nitrogens with one attached hydrogen (secondary N) is 1. The Hall–Kier alpha value is -0.790. The number of hydrogen-bond acceptors (Lipinski definition) is 1. The van der Waals surface area contributed by atoms with E-state index in [9.17, 15) is 4.79 Å². The highest BCUT2D eigenvalue weighted by atomic mass is 16.1. The maximum atomic E-state index is 11.1. The summed E-state index contributed by atoms with van der Waals surface area (Å²) in [5.41, 5.74) is 0. The summed E-state index contributed by atoms with van der Waals surface area (Å²) in [7, 11) is 0. The fourth-order valence-electron chi connectivity index (χ4n) is 0.969. The second kappa shape index (κ2) is 7.60. The fourth-order valence-corrected chi connectivity index (χ4v) is 0.969. The molecule has 14 heavy (non-hydrogen) atoms. The maximum Gasteiger partial charge on any atom is 0.222 e. The highest BCUT2D eigenvalue weighted by Gasteiger charge is 2.03. The molecule has 0 aliphatic carbocycles. The monoisotopic (exact) mass is 199 g/mol. The summed E-state index contributed by atoms with van der Waals surface area (Å²) >= 11 is 0. The maximum absolute atomic E-state index is 11.1. The molecule has 0 atom stereocenters. The second-order valence-corrected chi connectivity index (χ2v) is 4.34. The number of amides is 1. The van der Waals surface area contributed by atoms with Gasteiger partial charge in [-0.05, 0) is 18.8 Å². The molecule has 0 aliphatic rings. The van der Waals surface area contributed by atoms with Gasteiger partial charge in [-0.1, -0.05) is 39.8 Å². The second-order valence-electron chi connectivity index (χ2n) is 4.34. The van der Waals surface area contributed by atoms with E-state index >= 15 is 0 Å². The van der Waals surface area contributed by atoms with Crippen LogP contribution < -0.4 is 5.32 Å². The molecule has 0 bridgehead atoms. The minimum Gasteiger partial charge on any atom is -0.356 e. The zero-order valence-corrected chi connectivity index (χ0v) is 9.84. The van der Waals surface area contributed by atoms with E-state index in [1.165, 1.54) is 0 Å². The first-order chi connectivity index (χ1) is 6.54. The molecular weight excluding hydrogens is 174 g/mol. The Labute approximate surface area is 89.3 Å². The average molecular weight is 199 g/mol. The zero-order chi connectivity index (χ0) is 11.0. The van der Waals surface area contributed by atoms with Gasteiger partial charge in [0.05, 0.1) is 0 Å². The lowest BCUT2D eigenvalue weighted by Crippen LogP contribution is -2.28. The van der Waals surface area contributed by atoms with E-state index in [-0.39, 0.29) is 13.3 Å². The van der Waals surface area contributed by atoms with Gasteiger partial charge < -0.3 is 5.32 Å². The zero-order valence-electron chi connectivity index (χ0n) is 9.84. The molecule has 0 saturated carbocycles. The van der Waals surface area contributed by atoms with Crippen LogP contribution in [-0.4, -0.2) is 12.5 Å². The van der Waals surface area contributed by atoms with Crippen molar-refractivity contribution >= 4 is 5.91 Å². The third-order valence-corrected chi connectivity index (χ3v) is 1.91. The van der Waals surface area contributed by atoms with Gasteiger partial charge in [-0.3, -0.25) is 4.79 Å². The number of carbonyl (C=O) groups is 1. The van der Waals surface area contributed by atoms with Gasteiger partial charge in [-0.15, -0.1) is 0 Å². The summed E-state index contributed by atoms with van der Waals surface area (Å²) in [5.74, 6) is 0.952. The quantitative estimate of drug-likeness (QED) is 0.517. The Morgan fingerprint density at radius 1 is 1.29 bits per heavy atom. The van der Waals surface area contributed by atoms with E-state index in [1.54, 1.807) is 0 Å². The first-order valence-electron chi connectivity index (χ1n) is 5.46. The Kier molecular flexibility index (Phi) is 7.17. The van der Waals surface area contributed by atoms with Gasteiger partial charge in [0.2, 0.25) is 5.91 Å². The molecule has 0 aliphatic heterocycles. The van der Waals surface area contributed by atoms with Crippen LogP contribution in [0.25, 0.3) is 0 Å². The molecule has 0 saturated heterocycles. The van der Waals surface area contributed by atoms with Crippen LogP contribution in [0.4, 0.5) is 0 Å². The highest BCUT2D eigenvalue weighted by Crippen LogP contribution is 2.00. The summed E-state index contributed by atoms with van der Waals surface area (Å²) in [5, 5.41) is 2.88. The van der Waals surface area contributed by atoms with Gasteiger partial charge in [-0.25, -0.2) is 0 Å². The molecule has 0 heterocycles. The molecular formula is C12H25NO. The van der Waals surface area contributed by atoms with Gasteiger partial charge in [0.25, 0.3) is 0 Å². The van der Waals surface area contributed by atoms with Crippen molar-refractivity contribution in [2.24, 2.45) is 11.8 Å². The van der Waals surface area contributed by atoms with Crippen LogP contribution in [-0.2, 0) is 4.79 Å². The lowest BCUT2D eigenvalue weighted by molar-refractivity contribution is -0.123. The number of hydrogen-bond donors (Lipinski definition) is 1. The molecule has 0 aromatic carbocycles. The molecule has 0 aromatic rings. The standard InChI is InChI=1S/C12H23NO.H2/c1-10(2)8-6-5-7-9-13-12(14)11(3)4;/h5-6,10-11H,7-9H2,1-4H3,(H,13,14);1H/b6-5+;. The lowest BCUT2D eigenvalue weighted by atomic mass is 10.1. The molecule has 2 heteroatoms. The van der Waals surface area contributed by atoms with Crippen molar-refractivity contribution in [3.8, 4) is 0 Å². The smallest absolute Gasteiger partial charge is 0.222 e. The summed E-state index contributed by atoms with van der Waals surface area (Å²) in [4.78, 5) is 11.1. The van der Waals surface area contributed by atoms with Crippen LogP contribution in [0, 0.1) is 11.8 Å². The summed E-state index contributed by atoms with van der Waals surface area (Å²) < 4.78 is 0. The van der Waals surface area contributed by atoms with Crippen molar-refractivity contribution in [3.05, 3.63) is 12.2 Å². The van der Waals surface area contributed by atoms with Crippen molar-refractivity contribution in [3.63, 3.8) is 0 Å². The summed E-state index contributed by atoms with van der Waals surface area (Å²) in [6, 6.07) is 0. The van der Waals surface area contributed by atoms with E-state index in [2.05, 4.69) is 31.3 Å². The van der Waals surface area contributed by atoms with Crippen LogP contribution in [0.5, 0.6) is 0 Å². The molecule has 0 rings (SSSR count). The predicted molar refractivity (Wildman–Crippen MR) is 63.2 cm³/mol. The van der Waals surface area contributed by atoms with Crippen LogP contribution in [0.15, 0.2) is 12.2 Å². The van der Waals surface area contributed by atoms with Crippen molar-refractivity contribution < 1.29 is 6.22 Å². The molecule has 0 spiro atoms. The molecule has 1 N–H and O–H groups in total. The van der Waals surface area contributed by atoms with Crippen LogP contribution in [0.1, 0.15) is 42.0 Å². The fraction of sp³-hybridized carbons (Fsp3) is 0.750. The van der Waals surface area contributed by atoms with Crippen molar-refractivity contribution in [1.82, 2.24) is 5.32 Å². The van der Waals surface area contributed by atoms with E-state index in [0.29, 0.717) is 0 Å². The summed E-state index contributed by atoms with van der Waals surface area (Å²) in [6.45, 7) is 8.97. The molecule has 0 fully saturated rings. The minimum absolute atomic E-state index is 0. The van der Waals surface area contributed by atoms with Crippen LogP contribution >= 0.6 is 0 Å². The van der Waals surface area contributed by atoms with E-state index < -0.39 is 0 Å². The third kappa shape index (κ3) is 7.84. The Morgan fingerprint density at radius 3 is 2.43 bits per heavy atom. The van der Waals surface area contributed by atoms with Gasteiger partial charge in [0.1, 0.15) is 0 Å². The molecule has 0 aromatic heterocycles. The topological polar surface area (TPSA) is 29.1 Å². The number of carbonyl (C=O) groups excluding carboxylic acids is 1. The van der Waals surface area contributed by atoms with Gasteiger partial charge in [0.15, 0.2) is 0 Å². The first-order valence-corrected chi connectivity index (χ1v) is 5.46. The Morgan fingerprint density at radius 2 is 1.93 bits per heavy atom. The van der Waals surface area contributed by atoms with E-state index in [0.717, 1.165) is 25.3 Å². The molecule has 0 unspecified atom stereocenters. The average Bonchev–Trinajstić information content (AvgIpc) is 2.09. The van der Waals surface area contributed by atoms with E-state index in [1.807, 2.05) is 13.8 Å². The highest BCUT2D eigenvalue weighted by molar-refractivity contribution is 5.77. The first kappa shape index (κ1) is 13.2. The van der Waals surface area contributed by atoms with Crippen molar-refractivity contribution in [2.75, 3.05) is 6.54 Å². The normalized spacial score (nSPS) is 11.6. The third-order valence-electron chi connectivity index (χ3n) is 1.91. The van der Waals surface area contributed by atoms with Crippen molar-refractivity contribution in [1.29, 1.82) is 0 Å². The Bertz CT molecular complexity index is 188. The van der Waals surface area contributed by atoms with Gasteiger partial charge in [0, 0.05) is 13.9 Å². The minimum atomic E-state index is 0. The number of allylic oxidation sites excluding steroid dienone is 1. The van der Waals surface area contributed by atoms with Gasteiger partial charge >= 0.3 is 0 Å². The SMILES string of the molecule is CC(C)C/C=C/CCNC(=O)C(C)C.[HH]. The van der Waals surface area contributed by atoms with E-state index in [4.69, 9.17) is 0 Å². The molecule has 0 radical (unpaired) electrons. The van der Waals surface area contributed by atoms with Gasteiger partial charge in [-0.2, -0.15) is 0 Å². The van der Waals surface area contributed by atoms with Crippen molar-refractivity contribution in [2.45, 2.75) is 40.5 Å². The largest absolute Gasteiger partial charge is 0.356 e. The number of rotatable bonds is 6. The Balaban J connectivity index is 0. The lowest BCUT2D eigenvalue weighted by Gasteiger charge is -2.05. The molecule has 1 amide bonds. The van der Waals surface area contributed by atoms with Crippen LogP contribution in [0.3, 0.4) is 0 Å². The summed E-state index contributed by atoms with van der Waals surface area (Å²) in [6.07, 6.45) is 6.39. The molecule has 2 nitrogen and oxygen atoms in total. The predicted octanol–water partition coefficient (Wildman–Crippen LogP) is 3.00.